The number of piperidine rings is 1. The van der Waals surface area contributed by atoms with Crippen LogP contribution in [0.4, 0.5) is 0 Å². The molecule has 0 aliphatic carbocycles. The minimum Gasteiger partial charge on any atom is -0.464 e. The van der Waals surface area contributed by atoms with E-state index in [4.69, 9.17) is 9.94 Å². The Kier molecular flexibility index (Phi) is 9.88. The van der Waals surface area contributed by atoms with Crippen molar-refractivity contribution >= 4 is 34.8 Å². The van der Waals surface area contributed by atoms with Gasteiger partial charge in [0.2, 0.25) is 5.91 Å². The summed E-state index contributed by atoms with van der Waals surface area (Å²) in [6.07, 6.45) is 7.08. The normalized spacial score (nSPS) is 14.3. The van der Waals surface area contributed by atoms with Gasteiger partial charge in [-0.3, -0.25) is 24.5 Å². The molecule has 0 spiro atoms. The summed E-state index contributed by atoms with van der Waals surface area (Å²) in [6, 6.07) is 16.1. The van der Waals surface area contributed by atoms with E-state index in [2.05, 4.69) is 28.2 Å². The van der Waals surface area contributed by atoms with Crippen molar-refractivity contribution < 1.29 is 24.3 Å². The van der Waals surface area contributed by atoms with E-state index in [0.29, 0.717) is 45.6 Å². The van der Waals surface area contributed by atoms with E-state index < -0.39 is 5.91 Å². The summed E-state index contributed by atoms with van der Waals surface area (Å²) in [7, 11) is 0. The van der Waals surface area contributed by atoms with Gasteiger partial charge < -0.3 is 14.6 Å². The van der Waals surface area contributed by atoms with Crippen molar-refractivity contribution in [3.05, 3.63) is 77.5 Å². The summed E-state index contributed by atoms with van der Waals surface area (Å²) in [6.45, 7) is 5.12. The Labute approximate surface area is 228 Å². The summed E-state index contributed by atoms with van der Waals surface area (Å²) in [5.41, 5.74) is 5.88. The summed E-state index contributed by atoms with van der Waals surface area (Å²) in [4.78, 5) is 42.8. The zero-order valence-corrected chi connectivity index (χ0v) is 22.3. The molecule has 1 aliphatic heterocycles. The molecule has 9 nitrogen and oxygen atoms in total. The van der Waals surface area contributed by atoms with Crippen molar-refractivity contribution in [3.8, 4) is 0 Å². The molecule has 1 fully saturated rings. The average molecular weight is 533 g/mol. The number of fused-ring (bicyclic) bond motifs is 1. The number of amides is 2. The van der Waals surface area contributed by atoms with Crippen LogP contribution in [0.2, 0.25) is 0 Å². The Morgan fingerprint density at radius 1 is 1.10 bits per heavy atom. The van der Waals surface area contributed by atoms with Crippen molar-refractivity contribution in [2.45, 2.75) is 32.7 Å². The monoisotopic (exact) mass is 532 g/mol. The van der Waals surface area contributed by atoms with Crippen LogP contribution in [0.5, 0.6) is 0 Å². The molecule has 2 amide bonds. The molecule has 0 atom stereocenters. The number of likely N-dealkylation sites (tertiary alicyclic amines) is 1. The van der Waals surface area contributed by atoms with Gasteiger partial charge >= 0.3 is 5.97 Å². The standard InChI is InChI=1S/C30H36N4O5/c1-22(35)34-16-13-25(14-17-34)30(37)39-19-18-33(15-12-26-20-31-28-5-3-2-4-27(26)28)21-24-8-6-23(7-9-24)10-11-29(36)32-38/h2-11,20,25,31,38H,12-19,21H2,1H3,(H,32,36). The second kappa shape index (κ2) is 13.7. The van der Waals surface area contributed by atoms with E-state index in [1.165, 1.54) is 17.0 Å². The molecular formula is C30H36N4O5. The van der Waals surface area contributed by atoms with E-state index in [9.17, 15) is 14.4 Å². The highest BCUT2D eigenvalue weighted by molar-refractivity contribution is 5.90. The van der Waals surface area contributed by atoms with Crippen LogP contribution >= 0.6 is 0 Å². The summed E-state index contributed by atoms with van der Waals surface area (Å²) >= 11 is 0. The molecule has 2 heterocycles. The maximum absolute atomic E-state index is 12.7. The number of H-pyrrole nitrogens is 1. The van der Waals surface area contributed by atoms with Gasteiger partial charge in [0, 0.05) is 62.8 Å². The lowest BCUT2D eigenvalue weighted by molar-refractivity contribution is -0.152. The summed E-state index contributed by atoms with van der Waals surface area (Å²) in [5, 5.41) is 9.85. The van der Waals surface area contributed by atoms with Crippen LogP contribution in [0.3, 0.4) is 0 Å². The summed E-state index contributed by atoms with van der Waals surface area (Å²) < 4.78 is 5.68. The van der Waals surface area contributed by atoms with Crippen LogP contribution in [-0.4, -0.2) is 70.6 Å². The third-order valence-corrected chi connectivity index (χ3v) is 7.22. The Hall–Kier alpha value is -3.95. The Balaban J connectivity index is 1.35. The number of para-hydroxylation sites is 1. The van der Waals surface area contributed by atoms with Crippen LogP contribution in [0.1, 0.15) is 36.5 Å². The highest BCUT2D eigenvalue weighted by Crippen LogP contribution is 2.20. The molecule has 3 aromatic rings. The number of nitrogens with zero attached hydrogens (tertiary/aromatic N) is 2. The fourth-order valence-corrected chi connectivity index (χ4v) is 4.91. The van der Waals surface area contributed by atoms with E-state index in [1.54, 1.807) is 23.4 Å². The lowest BCUT2D eigenvalue weighted by Crippen LogP contribution is -2.40. The van der Waals surface area contributed by atoms with Gasteiger partial charge in [-0.15, -0.1) is 0 Å². The van der Waals surface area contributed by atoms with Crippen LogP contribution in [0, 0.1) is 5.92 Å². The lowest BCUT2D eigenvalue weighted by atomic mass is 9.97. The SMILES string of the molecule is CC(=O)N1CCC(C(=O)OCCN(CCc2c[nH]c3ccccc23)Cc2ccc(C=CC(=O)NO)cc2)CC1. The molecular weight excluding hydrogens is 496 g/mol. The van der Waals surface area contributed by atoms with Gasteiger partial charge in [-0.1, -0.05) is 42.5 Å². The number of nitrogens with one attached hydrogen (secondary N) is 2. The number of carbonyl (C=O) groups excluding carboxylic acids is 3. The van der Waals surface area contributed by atoms with Crippen molar-refractivity contribution in [1.29, 1.82) is 0 Å². The van der Waals surface area contributed by atoms with Crippen molar-refractivity contribution in [1.82, 2.24) is 20.3 Å². The van der Waals surface area contributed by atoms with Gasteiger partial charge in [0.1, 0.15) is 6.61 Å². The number of ether oxygens (including phenoxy) is 1. The Bertz CT molecular complexity index is 1290. The Morgan fingerprint density at radius 3 is 2.56 bits per heavy atom. The first kappa shape index (κ1) is 28.1. The van der Waals surface area contributed by atoms with E-state index in [1.807, 2.05) is 36.4 Å². The molecule has 206 valence electrons. The highest BCUT2D eigenvalue weighted by atomic mass is 16.5. The molecule has 0 radical (unpaired) electrons. The van der Waals surface area contributed by atoms with Crippen LogP contribution in [0.15, 0.2) is 60.8 Å². The third kappa shape index (κ3) is 8.02. The zero-order valence-electron chi connectivity index (χ0n) is 22.3. The number of aromatic amines is 1. The van der Waals surface area contributed by atoms with Crippen LogP contribution < -0.4 is 5.48 Å². The van der Waals surface area contributed by atoms with Gasteiger partial charge in [0.25, 0.3) is 5.91 Å². The number of hydroxylamine groups is 1. The molecule has 1 saturated heterocycles. The number of esters is 1. The van der Waals surface area contributed by atoms with Crippen molar-refractivity contribution in [3.63, 3.8) is 0 Å². The molecule has 39 heavy (non-hydrogen) atoms. The van der Waals surface area contributed by atoms with Gasteiger partial charge in [0.15, 0.2) is 0 Å². The largest absolute Gasteiger partial charge is 0.464 e. The minimum absolute atomic E-state index is 0.0485. The highest BCUT2D eigenvalue weighted by Gasteiger charge is 2.27. The zero-order chi connectivity index (χ0) is 27.6. The molecule has 9 heteroatoms. The minimum atomic E-state index is -0.582. The molecule has 0 unspecified atom stereocenters. The molecule has 3 N–H and O–H groups in total. The van der Waals surface area contributed by atoms with Gasteiger partial charge in [0.05, 0.1) is 5.92 Å². The first-order valence-corrected chi connectivity index (χ1v) is 13.3. The van der Waals surface area contributed by atoms with E-state index in [0.717, 1.165) is 29.6 Å². The third-order valence-electron chi connectivity index (χ3n) is 7.22. The van der Waals surface area contributed by atoms with E-state index in [-0.39, 0.29) is 17.8 Å². The smallest absolute Gasteiger partial charge is 0.309 e. The number of carbonyl (C=O) groups is 3. The maximum Gasteiger partial charge on any atom is 0.309 e. The van der Waals surface area contributed by atoms with Crippen molar-refractivity contribution in [2.24, 2.45) is 5.92 Å². The maximum atomic E-state index is 12.7. The van der Waals surface area contributed by atoms with Gasteiger partial charge in [-0.2, -0.15) is 0 Å². The Morgan fingerprint density at radius 2 is 1.85 bits per heavy atom. The second-order valence-corrected chi connectivity index (χ2v) is 9.88. The predicted octanol–water partition coefficient (Wildman–Crippen LogP) is 3.53. The van der Waals surface area contributed by atoms with Crippen LogP contribution in [-0.2, 0) is 32.1 Å². The number of hydrogen-bond donors (Lipinski definition) is 3. The van der Waals surface area contributed by atoms with Crippen LogP contribution in [0.25, 0.3) is 17.0 Å². The number of benzene rings is 2. The number of aromatic nitrogens is 1. The number of hydrogen-bond acceptors (Lipinski definition) is 6. The molecule has 0 bridgehead atoms. The fraction of sp³-hybridized carbons (Fsp3) is 0.367. The van der Waals surface area contributed by atoms with E-state index >= 15 is 0 Å². The average Bonchev–Trinajstić information content (AvgIpc) is 3.38. The summed E-state index contributed by atoms with van der Waals surface area (Å²) in [5.74, 6) is -0.875. The lowest BCUT2D eigenvalue weighted by Gasteiger charge is -2.30. The van der Waals surface area contributed by atoms with Crippen molar-refractivity contribution in [2.75, 3.05) is 32.8 Å². The predicted molar refractivity (Wildman–Crippen MR) is 149 cm³/mol. The molecule has 1 aliphatic rings. The number of rotatable bonds is 11. The second-order valence-electron chi connectivity index (χ2n) is 9.88. The first-order chi connectivity index (χ1) is 18.9. The molecule has 1 aromatic heterocycles. The molecule has 4 rings (SSSR count). The van der Waals surface area contributed by atoms with Gasteiger partial charge in [-0.25, -0.2) is 5.48 Å². The quantitative estimate of drug-likeness (QED) is 0.151. The first-order valence-electron chi connectivity index (χ1n) is 13.3. The molecule has 0 saturated carbocycles. The molecule has 2 aromatic carbocycles. The fourth-order valence-electron chi connectivity index (χ4n) is 4.91. The van der Waals surface area contributed by atoms with Gasteiger partial charge in [-0.05, 0) is 48.1 Å². The topological polar surface area (TPSA) is 115 Å².